The number of non-ortho nitro benzene ring substituents is 1. The molecule has 1 atom stereocenters. The molecule has 0 saturated heterocycles. The number of ether oxygens (including phenoxy) is 1. The number of nitro groups is 1. The van der Waals surface area contributed by atoms with E-state index in [9.17, 15) is 32.9 Å². The summed E-state index contributed by atoms with van der Waals surface area (Å²) < 4.78 is 44.4. The van der Waals surface area contributed by atoms with Gasteiger partial charge < -0.3 is 10.1 Å². The van der Waals surface area contributed by atoms with E-state index in [4.69, 9.17) is 27.9 Å². The largest absolute Gasteiger partial charge is 0.449 e. The van der Waals surface area contributed by atoms with E-state index >= 15 is 0 Å². The van der Waals surface area contributed by atoms with Gasteiger partial charge in [-0.2, -0.15) is 13.2 Å². The van der Waals surface area contributed by atoms with Crippen LogP contribution in [0.4, 0.5) is 24.5 Å². The number of amides is 1. The Morgan fingerprint density at radius 1 is 1.17 bits per heavy atom. The molecule has 0 aromatic heterocycles. The third-order valence-corrected chi connectivity index (χ3v) is 4.14. The quantitative estimate of drug-likeness (QED) is 0.387. The van der Waals surface area contributed by atoms with Gasteiger partial charge in [-0.1, -0.05) is 23.2 Å². The average Bonchev–Trinajstić information content (AvgIpc) is 2.62. The van der Waals surface area contributed by atoms with E-state index in [1.807, 2.05) is 5.32 Å². The van der Waals surface area contributed by atoms with Crippen molar-refractivity contribution >= 4 is 46.5 Å². The first-order valence-electron chi connectivity index (χ1n) is 7.72. The number of halogens is 5. The van der Waals surface area contributed by atoms with Gasteiger partial charge in [-0.25, -0.2) is 4.79 Å². The lowest BCUT2D eigenvalue weighted by atomic mass is 10.1. The highest BCUT2D eigenvalue weighted by molar-refractivity contribution is 6.35. The lowest BCUT2D eigenvalue weighted by Crippen LogP contribution is -2.31. The Bertz CT molecular complexity index is 982. The smallest absolute Gasteiger partial charge is 0.418 e. The molecule has 1 unspecified atom stereocenters. The molecular formula is C17H11Cl2F3N2O5. The molecule has 0 aliphatic heterocycles. The third-order valence-electron chi connectivity index (χ3n) is 3.58. The van der Waals surface area contributed by atoms with Gasteiger partial charge in [-0.3, -0.25) is 14.9 Å². The molecule has 0 aliphatic carbocycles. The highest BCUT2D eigenvalue weighted by Crippen LogP contribution is 2.37. The zero-order valence-electron chi connectivity index (χ0n) is 14.4. The van der Waals surface area contributed by atoms with Crippen LogP contribution in [0.2, 0.25) is 10.0 Å². The molecule has 0 heterocycles. The van der Waals surface area contributed by atoms with Crippen LogP contribution in [0.3, 0.4) is 0 Å². The van der Waals surface area contributed by atoms with Crippen molar-refractivity contribution in [3.63, 3.8) is 0 Å². The molecule has 0 spiro atoms. The lowest BCUT2D eigenvalue weighted by molar-refractivity contribution is -0.385. The number of hydrogen-bond acceptors (Lipinski definition) is 5. The van der Waals surface area contributed by atoms with Crippen molar-refractivity contribution in [3.05, 3.63) is 67.7 Å². The van der Waals surface area contributed by atoms with Gasteiger partial charge in [-0.15, -0.1) is 0 Å². The number of carbonyl (C=O) groups is 2. The zero-order valence-corrected chi connectivity index (χ0v) is 15.9. The van der Waals surface area contributed by atoms with Crippen molar-refractivity contribution in [2.45, 2.75) is 19.2 Å². The molecule has 12 heteroatoms. The number of benzene rings is 2. The molecule has 2 rings (SSSR count). The fourth-order valence-electron chi connectivity index (χ4n) is 2.16. The van der Waals surface area contributed by atoms with E-state index in [1.165, 1.54) is 18.2 Å². The van der Waals surface area contributed by atoms with Crippen LogP contribution in [0, 0.1) is 10.1 Å². The van der Waals surface area contributed by atoms with Gasteiger partial charge >= 0.3 is 12.1 Å². The van der Waals surface area contributed by atoms with E-state index in [0.717, 1.165) is 19.1 Å². The number of nitro benzene ring substituents is 1. The number of nitrogens with one attached hydrogen (secondary N) is 1. The first kappa shape index (κ1) is 22.4. The molecule has 2 aromatic rings. The van der Waals surface area contributed by atoms with Crippen LogP contribution in [0.25, 0.3) is 0 Å². The number of hydrogen-bond donors (Lipinski definition) is 1. The first-order valence-corrected chi connectivity index (χ1v) is 8.48. The highest BCUT2D eigenvalue weighted by atomic mass is 35.5. The molecule has 0 saturated carbocycles. The standard InChI is InChI=1S/C17H11Cl2F3N2O5/c1-8(29-16(26)11-6-9(18)2-4-13(11)19)15(25)23-14-5-3-10(24(27)28)7-12(14)17(20,21)22/h2-8H,1H3,(H,23,25). The molecule has 0 aliphatic rings. The molecule has 0 fully saturated rings. The van der Waals surface area contributed by atoms with Crippen molar-refractivity contribution in [1.82, 2.24) is 0 Å². The number of carbonyl (C=O) groups excluding carboxylic acids is 2. The maximum atomic E-state index is 13.2. The SMILES string of the molecule is CC(OC(=O)c1cc(Cl)ccc1Cl)C(=O)Nc1ccc([N+](=O)[O-])cc1C(F)(F)F. The normalized spacial score (nSPS) is 12.2. The Morgan fingerprint density at radius 2 is 1.83 bits per heavy atom. The van der Waals surface area contributed by atoms with Crippen molar-refractivity contribution in [2.75, 3.05) is 5.32 Å². The summed E-state index contributed by atoms with van der Waals surface area (Å²) in [6, 6.07) is 5.78. The minimum atomic E-state index is -4.97. The van der Waals surface area contributed by atoms with Gasteiger partial charge in [0.15, 0.2) is 6.10 Å². The van der Waals surface area contributed by atoms with Gasteiger partial charge in [0.25, 0.3) is 11.6 Å². The molecule has 154 valence electrons. The Kier molecular flexibility index (Phi) is 6.70. The van der Waals surface area contributed by atoms with Crippen molar-refractivity contribution in [3.8, 4) is 0 Å². The van der Waals surface area contributed by atoms with Gasteiger partial charge in [0.2, 0.25) is 0 Å². The van der Waals surface area contributed by atoms with Crippen LogP contribution in [0.1, 0.15) is 22.8 Å². The topological polar surface area (TPSA) is 98.5 Å². The van der Waals surface area contributed by atoms with Gasteiger partial charge in [0.1, 0.15) is 0 Å². The molecule has 0 radical (unpaired) electrons. The van der Waals surface area contributed by atoms with Gasteiger partial charge in [0, 0.05) is 17.2 Å². The molecular weight excluding hydrogens is 440 g/mol. The third kappa shape index (κ3) is 5.58. The van der Waals surface area contributed by atoms with Crippen LogP contribution < -0.4 is 5.32 Å². The Balaban J connectivity index is 2.20. The minimum absolute atomic E-state index is 0.00161. The Morgan fingerprint density at radius 3 is 2.41 bits per heavy atom. The van der Waals surface area contributed by atoms with Crippen LogP contribution in [-0.2, 0) is 15.7 Å². The maximum absolute atomic E-state index is 13.2. The average molecular weight is 451 g/mol. The highest BCUT2D eigenvalue weighted by Gasteiger charge is 2.36. The second-order valence-electron chi connectivity index (χ2n) is 5.65. The van der Waals surface area contributed by atoms with Crippen molar-refractivity contribution in [2.24, 2.45) is 0 Å². The summed E-state index contributed by atoms with van der Waals surface area (Å²) >= 11 is 11.6. The van der Waals surface area contributed by atoms with Crippen LogP contribution in [0.5, 0.6) is 0 Å². The van der Waals surface area contributed by atoms with E-state index in [-0.39, 0.29) is 21.7 Å². The van der Waals surface area contributed by atoms with Crippen LogP contribution in [0.15, 0.2) is 36.4 Å². The summed E-state index contributed by atoms with van der Waals surface area (Å²) in [7, 11) is 0. The van der Waals surface area contributed by atoms with Gasteiger partial charge in [0.05, 0.1) is 26.8 Å². The number of esters is 1. The number of alkyl halides is 3. The second-order valence-corrected chi connectivity index (χ2v) is 6.49. The minimum Gasteiger partial charge on any atom is -0.449 e. The molecule has 29 heavy (non-hydrogen) atoms. The number of nitrogens with zero attached hydrogens (tertiary/aromatic N) is 1. The zero-order chi connectivity index (χ0) is 21.9. The summed E-state index contributed by atoms with van der Waals surface area (Å²) in [4.78, 5) is 34.0. The first-order chi connectivity index (χ1) is 13.4. The van der Waals surface area contributed by atoms with Gasteiger partial charge in [-0.05, 0) is 31.2 Å². The van der Waals surface area contributed by atoms with Crippen molar-refractivity contribution in [1.29, 1.82) is 0 Å². The monoisotopic (exact) mass is 450 g/mol. The predicted molar refractivity (Wildman–Crippen MR) is 98.1 cm³/mol. The van der Waals surface area contributed by atoms with Crippen molar-refractivity contribution < 1.29 is 32.4 Å². The Labute approximate surface area is 171 Å². The summed E-state index contributed by atoms with van der Waals surface area (Å²) in [6.07, 6.45) is -6.48. The second kappa shape index (κ2) is 8.66. The Hall–Kier alpha value is -2.85. The summed E-state index contributed by atoms with van der Waals surface area (Å²) in [5, 5.41) is 12.8. The fraction of sp³-hybridized carbons (Fsp3) is 0.176. The molecule has 1 N–H and O–H groups in total. The van der Waals surface area contributed by atoms with E-state index in [2.05, 4.69) is 0 Å². The van der Waals surface area contributed by atoms with Crippen LogP contribution in [-0.4, -0.2) is 22.9 Å². The predicted octanol–water partition coefficient (Wildman–Crippen LogP) is 5.10. The number of anilines is 1. The molecule has 1 amide bonds. The van der Waals surface area contributed by atoms with E-state index < -0.39 is 46.0 Å². The summed E-state index contributed by atoms with van der Waals surface area (Å²) in [5.74, 6) is -2.10. The lowest BCUT2D eigenvalue weighted by Gasteiger charge is -2.17. The molecule has 0 bridgehead atoms. The molecule has 2 aromatic carbocycles. The number of rotatable bonds is 5. The molecule has 7 nitrogen and oxygen atoms in total. The van der Waals surface area contributed by atoms with Crippen LogP contribution >= 0.6 is 23.2 Å². The maximum Gasteiger partial charge on any atom is 0.418 e. The summed E-state index contributed by atoms with van der Waals surface area (Å²) in [6.45, 7) is 1.13. The fourth-order valence-corrected chi connectivity index (χ4v) is 2.52. The van der Waals surface area contributed by atoms with E-state index in [0.29, 0.717) is 0 Å². The van der Waals surface area contributed by atoms with E-state index in [1.54, 1.807) is 0 Å². The summed E-state index contributed by atoms with van der Waals surface area (Å²) in [5.41, 5.74) is -3.08.